The van der Waals surface area contributed by atoms with Gasteiger partial charge in [-0.25, -0.2) is 19.3 Å². The molecular weight excluding hydrogens is 442 g/mol. The number of hydrogen-bond donors (Lipinski definition) is 3. The van der Waals surface area contributed by atoms with Crippen LogP contribution in [-0.4, -0.2) is 44.6 Å². The van der Waals surface area contributed by atoms with Gasteiger partial charge in [-0.05, 0) is 12.5 Å². The van der Waals surface area contributed by atoms with E-state index in [0.29, 0.717) is 21.6 Å². The molecule has 31 heavy (non-hydrogen) atoms. The number of anilines is 1. The van der Waals surface area contributed by atoms with Crippen molar-refractivity contribution in [3.8, 4) is 17.5 Å². The molecule has 3 heterocycles. The van der Waals surface area contributed by atoms with Gasteiger partial charge in [0.2, 0.25) is 5.91 Å². The van der Waals surface area contributed by atoms with Crippen LogP contribution in [0.5, 0.6) is 0 Å². The fourth-order valence-corrected chi connectivity index (χ4v) is 2.87. The zero-order valence-corrected chi connectivity index (χ0v) is 16.4. The summed E-state index contributed by atoms with van der Waals surface area (Å²) in [6.45, 7) is -1.56. The van der Waals surface area contributed by atoms with Gasteiger partial charge < -0.3 is 15.6 Å². The van der Waals surface area contributed by atoms with E-state index in [2.05, 4.69) is 25.3 Å². The standard InChI is InChI=1S/C18H14ClF4N7O/c19-9-4-10-11(6-26-14(10)25-5-9)15-27-7-12(20)16(30-15)29-13(2-1-3-24)17(31)28-8-18(21,22)23/h4-7,13H,1-2,8H2,(H,25,26)(H,28,31)(H,27,29,30)/t13-/m1/s1. The zero-order chi connectivity index (χ0) is 22.6. The minimum Gasteiger partial charge on any atom is -0.356 e. The summed E-state index contributed by atoms with van der Waals surface area (Å²) in [7, 11) is 0. The SMILES string of the molecule is N#CCC[C@@H](Nc1nc(-c2c[nH]c3ncc(Cl)cc23)ncc1F)C(=O)NCC(F)(F)F. The minimum absolute atomic E-state index is 0.0638. The molecule has 3 aromatic rings. The Bertz CT molecular complexity index is 1140. The van der Waals surface area contributed by atoms with E-state index >= 15 is 0 Å². The summed E-state index contributed by atoms with van der Waals surface area (Å²) in [5.41, 5.74) is 0.934. The molecule has 0 saturated carbocycles. The largest absolute Gasteiger partial charge is 0.405 e. The van der Waals surface area contributed by atoms with Crippen molar-refractivity contribution in [3.63, 3.8) is 0 Å². The van der Waals surface area contributed by atoms with E-state index in [9.17, 15) is 22.4 Å². The van der Waals surface area contributed by atoms with Crippen LogP contribution in [0.15, 0.2) is 24.7 Å². The summed E-state index contributed by atoms with van der Waals surface area (Å²) in [6.07, 6.45) is -1.10. The van der Waals surface area contributed by atoms with Gasteiger partial charge in [0.25, 0.3) is 0 Å². The van der Waals surface area contributed by atoms with Crippen LogP contribution < -0.4 is 10.6 Å². The van der Waals surface area contributed by atoms with Crippen molar-refractivity contribution in [2.75, 3.05) is 11.9 Å². The fourth-order valence-electron chi connectivity index (χ4n) is 2.71. The van der Waals surface area contributed by atoms with Crippen LogP contribution in [-0.2, 0) is 4.79 Å². The van der Waals surface area contributed by atoms with Crippen molar-refractivity contribution < 1.29 is 22.4 Å². The lowest BCUT2D eigenvalue weighted by atomic mass is 10.1. The number of aromatic amines is 1. The third-order valence-electron chi connectivity index (χ3n) is 4.12. The van der Waals surface area contributed by atoms with Gasteiger partial charge in [-0.2, -0.15) is 18.4 Å². The van der Waals surface area contributed by atoms with E-state index in [1.807, 2.05) is 0 Å². The Hall–Kier alpha value is -3.46. The predicted molar refractivity (Wildman–Crippen MR) is 103 cm³/mol. The Morgan fingerprint density at radius 2 is 2.10 bits per heavy atom. The number of H-pyrrole nitrogens is 1. The molecule has 1 amide bonds. The Kier molecular flexibility index (Phi) is 6.55. The molecule has 0 radical (unpaired) electrons. The second-order valence-corrected chi connectivity index (χ2v) is 6.81. The molecule has 0 spiro atoms. The summed E-state index contributed by atoms with van der Waals surface area (Å²) in [5, 5.41) is 13.9. The highest BCUT2D eigenvalue weighted by atomic mass is 35.5. The van der Waals surface area contributed by atoms with Gasteiger partial charge in [-0.15, -0.1) is 0 Å². The minimum atomic E-state index is -4.62. The zero-order valence-electron chi connectivity index (χ0n) is 15.6. The maximum absolute atomic E-state index is 14.3. The van der Waals surface area contributed by atoms with Gasteiger partial charge in [0, 0.05) is 29.8 Å². The molecule has 0 unspecified atom stereocenters. The van der Waals surface area contributed by atoms with Crippen molar-refractivity contribution in [1.82, 2.24) is 25.3 Å². The van der Waals surface area contributed by atoms with E-state index in [0.717, 1.165) is 6.20 Å². The highest BCUT2D eigenvalue weighted by Gasteiger charge is 2.30. The molecule has 8 nitrogen and oxygen atoms in total. The maximum Gasteiger partial charge on any atom is 0.405 e. The number of amides is 1. The van der Waals surface area contributed by atoms with E-state index in [1.165, 1.54) is 12.4 Å². The molecule has 0 saturated heterocycles. The number of nitriles is 1. The molecule has 0 aliphatic carbocycles. The van der Waals surface area contributed by atoms with Crippen LogP contribution in [0.4, 0.5) is 23.4 Å². The summed E-state index contributed by atoms with van der Waals surface area (Å²) in [5.74, 6) is -2.31. The third kappa shape index (κ3) is 5.58. The lowest BCUT2D eigenvalue weighted by molar-refractivity contribution is -0.138. The number of carbonyl (C=O) groups is 1. The molecule has 3 N–H and O–H groups in total. The summed E-state index contributed by atoms with van der Waals surface area (Å²) >= 11 is 5.97. The van der Waals surface area contributed by atoms with Crippen molar-refractivity contribution in [1.29, 1.82) is 5.26 Å². The second kappa shape index (κ2) is 9.13. The molecule has 0 aliphatic heterocycles. The maximum atomic E-state index is 14.3. The first kappa shape index (κ1) is 22.2. The highest BCUT2D eigenvalue weighted by Crippen LogP contribution is 2.28. The number of fused-ring (bicyclic) bond motifs is 1. The van der Waals surface area contributed by atoms with Crippen LogP contribution >= 0.6 is 11.6 Å². The first-order chi connectivity index (χ1) is 14.7. The second-order valence-electron chi connectivity index (χ2n) is 6.37. The summed E-state index contributed by atoms with van der Waals surface area (Å²) < 4.78 is 51.5. The molecule has 13 heteroatoms. The lowest BCUT2D eigenvalue weighted by Gasteiger charge is -2.19. The van der Waals surface area contributed by atoms with Crippen molar-refractivity contribution in [3.05, 3.63) is 35.5 Å². The van der Waals surface area contributed by atoms with E-state index in [-0.39, 0.29) is 18.7 Å². The number of aromatic nitrogens is 4. The number of pyridine rings is 1. The van der Waals surface area contributed by atoms with Gasteiger partial charge in [-0.1, -0.05) is 11.6 Å². The molecule has 0 aliphatic rings. The first-order valence-corrected chi connectivity index (χ1v) is 9.19. The van der Waals surface area contributed by atoms with Crippen molar-refractivity contribution in [2.24, 2.45) is 0 Å². The smallest absolute Gasteiger partial charge is 0.356 e. The van der Waals surface area contributed by atoms with Gasteiger partial charge in [0.15, 0.2) is 17.5 Å². The molecule has 1 atom stereocenters. The monoisotopic (exact) mass is 455 g/mol. The Morgan fingerprint density at radius 1 is 1.32 bits per heavy atom. The Balaban J connectivity index is 1.89. The average Bonchev–Trinajstić information content (AvgIpc) is 3.13. The van der Waals surface area contributed by atoms with Crippen LogP contribution in [0, 0.1) is 17.1 Å². The highest BCUT2D eigenvalue weighted by molar-refractivity contribution is 6.31. The van der Waals surface area contributed by atoms with Crippen LogP contribution in [0.1, 0.15) is 12.8 Å². The normalized spacial score (nSPS) is 12.4. The Morgan fingerprint density at radius 3 is 2.81 bits per heavy atom. The number of nitrogens with zero attached hydrogens (tertiary/aromatic N) is 4. The Labute approximate surface area is 177 Å². The topological polar surface area (TPSA) is 119 Å². The molecule has 0 aromatic carbocycles. The van der Waals surface area contributed by atoms with Gasteiger partial charge >= 0.3 is 6.18 Å². The first-order valence-electron chi connectivity index (χ1n) is 8.81. The van der Waals surface area contributed by atoms with Gasteiger partial charge in [0.1, 0.15) is 18.2 Å². The van der Waals surface area contributed by atoms with E-state index in [4.69, 9.17) is 16.9 Å². The van der Waals surface area contributed by atoms with E-state index in [1.54, 1.807) is 17.5 Å². The van der Waals surface area contributed by atoms with Crippen molar-refractivity contribution in [2.45, 2.75) is 25.1 Å². The van der Waals surface area contributed by atoms with Crippen molar-refractivity contribution >= 4 is 34.4 Å². The van der Waals surface area contributed by atoms with Crippen LogP contribution in [0.3, 0.4) is 0 Å². The third-order valence-corrected chi connectivity index (χ3v) is 4.32. The number of alkyl halides is 3. The molecule has 0 fully saturated rings. The number of hydrogen-bond acceptors (Lipinski definition) is 6. The lowest BCUT2D eigenvalue weighted by Crippen LogP contribution is -2.43. The summed E-state index contributed by atoms with van der Waals surface area (Å²) in [4.78, 5) is 27.1. The molecule has 3 rings (SSSR count). The van der Waals surface area contributed by atoms with Gasteiger partial charge in [0.05, 0.1) is 17.3 Å². The predicted octanol–water partition coefficient (Wildman–Crippen LogP) is 3.58. The average molecular weight is 456 g/mol. The number of rotatable bonds is 7. The molecule has 0 bridgehead atoms. The number of halogens is 5. The quantitative estimate of drug-likeness (QED) is 0.468. The summed E-state index contributed by atoms with van der Waals surface area (Å²) in [6, 6.07) is 2.08. The number of carbonyl (C=O) groups excluding carboxylic acids is 1. The molecule has 3 aromatic heterocycles. The van der Waals surface area contributed by atoms with Gasteiger partial charge in [-0.3, -0.25) is 4.79 Å². The van der Waals surface area contributed by atoms with Crippen LogP contribution in [0.25, 0.3) is 22.4 Å². The van der Waals surface area contributed by atoms with Crippen LogP contribution in [0.2, 0.25) is 5.02 Å². The molecular formula is C18H14ClF4N7O. The number of nitrogens with one attached hydrogen (secondary N) is 3. The fraction of sp³-hybridized carbons (Fsp3) is 0.278. The molecule has 162 valence electrons. The van der Waals surface area contributed by atoms with E-state index < -0.39 is 36.3 Å².